The third-order valence-electron chi connectivity index (χ3n) is 6.76. The fourth-order valence-electron chi connectivity index (χ4n) is 5.15. The van der Waals surface area contributed by atoms with Crippen molar-refractivity contribution < 1.29 is 0 Å². The van der Waals surface area contributed by atoms with Crippen LogP contribution in [0.15, 0.2) is 4.99 Å². The molecule has 4 rings (SSSR count). The molecule has 4 heterocycles. The Kier molecular flexibility index (Phi) is 7.58. The monoisotopic (exact) mass is 501 g/mol. The molecule has 7 nitrogen and oxygen atoms in total. The molecule has 2 saturated heterocycles. The third-order valence-corrected chi connectivity index (χ3v) is 6.76. The van der Waals surface area contributed by atoms with Gasteiger partial charge in [0.05, 0.1) is 0 Å². The van der Waals surface area contributed by atoms with Gasteiger partial charge in [0.25, 0.3) is 0 Å². The Morgan fingerprint density at radius 1 is 1.18 bits per heavy atom. The van der Waals surface area contributed by atoms with Crippen LogP contribution in [0.4, 0.5) is 0 Å². The van der Waals surface area contributed by atoms with Crippen LogP contribution in [0, 0.1) is 12.8 Å². The minimum atomic E-state index is 0. The van der Waals surface area contributed by atoms with Crippen molar-refractivity contribution >= 4 is 29.9 Å². The molecule has 2 bridgehead atoms. The van der Waals surface area contributed by atoms with Crippen molar-refractivity contribution in [2.45, 2.75) is 83.5 Å². The van der Waals surface area contributed by atoms with Gasteiger partial charge in [0.2, 0.25) is 0 Å². The van der Waals surface area contributed by atoms with E-state index in [9.17, 15) is 0 Å². The molecule has 0 amide bonds. The normalized spacial score (nSPS) is 30.3. The maximum atomic E-state index is 4.96. The van der Waals surface area contributed by atoms with Crippen LogP contribution < -0.4 is 10.6 Å². The van der Waals surface area contributed by atoms with E-state index < -0.39 is 0 Å². The number of piperidine rings is 2. The highest BCUT2D eigenvalue weighted by atomic mass is 127. The van der Waals surface area contributed by atoms with Gasteiger partial charge in [0, 0.05) is 44.2 Å². The highest BCUT2D eigenvalue weighted by Gasteiger charge is 2.36. The molecule has 3 unspecified atom stereocenters. The molecular weight excluding hydrogens is 465 g/mol. The van der Waals surface area contributed by atoms with Crippen LogP contribution in [0.1, 0.15) is 57.1 Å². The summed E-state index contributed by atoms with van der Waals surface area (Å²) in [6.45, 7) is 6.96. The molecule has 2 N–H and O–H groups in total. The number of aliphatic imine (C=N–C) groups is 1. The molecule has 0 aromatic carbocycles. The van der Waals surface area contributed by atoms with Gasteiger partial charge in [-0.25, -0.2) is 0 Å². The summed E-state index contributed by atoms with van der Waals surface area (Å²) in [5.74, 6) is 3.73. The summed E-state index contributed by atoms with van der Waals surface area (Å²) >= 11 is 0. The van der Waals surface area contributed by atoms with Crippen molar-refractivity contribution in [3.05, 3.63) is 11.6 Å². The summed E-state index contributed by atoms with van der Waals surface area (Å²) in [7, 11) is 2.31. The lowest BCUT2D eigenvalue weighted by Crippen LogP contribution is -2.56. The second kappa shape index (κ2) is 9.73. The number of aromatic nitrogens is 3. The smallest absolute Gasteiger partial charge is 0.191 e. The van der Waals surface area contributed by atoms with Crippen molar-refractivity contribution in [2.75, 3.05) is 20.1 Å². The minimum absolute atomic E-state index is 0. The fourth-order valence-corrected chi connectivity index (χ4v) is 5.15. The third kappa shape index (κ3) is 4.80. The van der Waals surface area contributed by atoms with Gasteiger partial charge in [-0.05, 0) is 58.9 Å². The second-order valence-corrected chi connectivity index (χ2v) is 8.62. The largest absolute Gasteiger partial charge is 0.357 e. The first kappa shape index (κ1) is 21.8. The molecule has 3 atom stereocenters. The molecule has 2 fully saturated rings. The lowest BCUT2D eigenvalue weighted by Gasteiger charge is -2.47. The number of nitrogens with one attached hydrogen (secondary N) is 2. The molecule has 3 aliphatic heterocycles. The Labute approximate surface area is 186 Å². The Hall–Kier alpha value is -0.900. The lowest BCUT2D eigenvalue weighted by atomic mass is 9.82. The van der Waals surface area contributed by atoms with Gasteiger partial charge in [0.15, 0.2) is 5.96 Å². The minimum Gasteiger partial charge on any atom is -0.357 e. The van der Waals surface area contributed by atoms with Gasteiger partial charge in [-0.1, -0.05) is 6.42 Å². The van der Waals surface area contributed by atoms with Gasteiger partial charge in [-0.3, -0.25) is 4.99 Å². The average molecular weight is 501 g/mol. The molecular formula is C20H36IN7. The Morgan fingerprint density at radius 2 is 1.93 bits per heavy atom. The van der Waals surface area contributed by atoms with Crippen LogP contribution in [-0.4, -0.2) is 63.9 Å². The topological polar surface area (TPSA) is 70.4 Å². The van der Waals surface area contributed by atoms with Gasteiger partial charge in [-0.15, -0.1) is 34.2 Å². The van der Waals surface area contributed by atoms with Crippen LogP contribution in [-0.2, 0) is 13.0 Å². The summed E-state index contributed by atoms with van der Waals surface area (Å²) in [6, 6.07) is 2.03. The lowest BCUT2D eigenvalue weighted by molar-refractivity contribution is 0.0526. The molecule has 3 aliphatic rings. The molecule has 0 radical (unpaired) electrons. The van der Waals surface area contributed by atoms with Crippen LogP contribution >= 0.6 is 24.0 Å². The van der Waals surface area contributed by atoms with E-state index in [0.717, 1.165) is 62.2 Å². The van der Waals surface area contributed by atoms with E-state index in [2.05, 4.69) is 44.3 Å². The maximum absolute atomic E-state index is 4.96. The van der Waals surface area contributed by atoms with Crippen molar-refractivity contribution in [3.63, 3.8) is 0 Å². The summed E-state index contributed by atoms with van der Waals surface area (Å²) in [6.07, 6.45) is 8.74. The Morgan fingerprint density at radius 3 is 2.64 bits per heavy atom. The van der Waals surface area contributed by atoms with E-state index in [1.54, 1.807) is 0 Å². The number of hydrogen-bond donors (Lipinski definition) is 2. The molecule has 0 aliphatic carbocycles. The summed E-state index contributed by atoms with van der Waals surface area (Å²) in [5, 5.41) is 15.7. The van der Waals surface area contributed by atoms with E-state index in [-0.39, 0.29) is 24.0 Å². The van der Waals surface area contributed by atoms with Gasteiger partial charge >= 0.3 is 0 Å². The number of rotatable bonds is 4. The second-order valence-electron chi connectivity index (χ2n) is 8.62. The van der Waals surface area contributed by atoms with E-state index in [1.807, 2.05) is 6.92 Å². The predicted molar refractivity (Wildman–Crippen MR) is 123 cm³/mol. The van der Waals surface area contributed by atoms with E-state index >= 15 is 0 Å². The Balaban J connectivity index is 0.00000225. The van der Waals surface area contributed by atoms with Gasteiger partial charge in [-0.2, -0.15) is 0 Å². The quantitative estimate of drug-likeness (QED) is 0.377. The number of fused-ring (bicyclic) bond motifs is 3. The summed E-state index contributed by atoms with van der Waals surface area (Å²) in [4.78, 5) is 7.58. The number of guanidine groups is 1. The average Bonchev–Trinajstić information content (AvgIpc) is 3.01. The van der Waals surface area contributed by atoms with Gasteiger partial charge in [0.1, 0.15) is 11.6 Å². The van der Waals surface area contributed by atoms with Crippen molar-refractivity contribution in [1.29, 1.82) is 0 Å². The highest BCUT2D eigenvalue weighted by molar-refractivity contribution is 14.0. The standard InChI is InChI=1S/C20H35N7.HI/c1-4-21-20(23-16-10-17-6-5-7-18(11-16)26(17)3)22-12-15-8-9-19-25-24-14(2)27(19)13-15;/h15-18H,4-13H2,1-3H3,(H2,21,22,23);1H. The van der Waals surface area contributed by atoms with E-state index in [4.69, 9.17) is 4.99 Å². The zero-order chi connectivity index (χ0) is 18.8. The molecule has 0 spiro atoms. The summed E-state index contributed by atoms with van der Waals surface area (Å²) < 4.78 is 2.27. The van der Waals surface area contributed by atoms with Crippen molar-refractivity contribution in [3.8, 4) is 0 Å². The van der Waals surface area contributed by atoms with Crippen molar-refractivity contribution in [2.24, 2.45) is 10.9 Å². The fraction of sp³-hybridized carbons (Fsp3) is 0.850. The van der Waals surface area contributed by atoms with Crippen molar-refractivity contribution in [1.82, 2.24) is 30.3 Å². The number of halogens is 1. The van der Waals surface area contributed by atoms with E-state index in [1.165, 1.54) is 32.1 Å². The molecule has 8 heteroatoms. The molecule has 1 aromatic rings. The highest BCUT2D eigenvalue weighted by Crippen LogP contribution is 2.32. The SMILES string of the molecule is CCNC(=NCC1CCc2nnc(C)n2C1)NC1CC2CCCC(C1)N2C.I. The molecule has 1 aromatic heterocycles. The Bertz CT molecular complexity index is 660. The zero-order valence-electron chi connectivity index (χ0n) is 17.5. The number of aryl methyl sites for hydroxylation is 2. The summed E-state index contributed by atoms with van der Waals surface area (Å²) in [5.41, 5.74) is 0. The first-order valence-corrected chi connectivity index (χ1v) is 10.8. The number of hydrogen-bond acceptors (Lipinski definition) is 4. The van der Waals surface area contributed by atoms with Crippen LogP contribution in [0.25, 0.3) is 0 Å². The molecule has 28 heavy (non-hydrogen) atoms. The maximum Gasteiger partial charge on any atom is 0.191 e. The van der Waals surface area contributed by atoms with Gasteiger partial charge < -0.3 is 20.1 Å². The van der Waals surface area contributed by atoms with Crippen LogP contribution in [0.3, 0.4) is 0 Å². The first-order chi connectivity index (χ1) is 13.1. The zero-order valence-corrected chi connectivity index (χ0v) is 19.9. The van der Waals surface area contributed by atoms with E-state index in [0.29, 0.717) is 12.0 Å². The molecule has 0 saturated carbocycles. The van der Waals surface area contributed by atoms with Crippen LogP contribution in [0.2, 0.25) is 0 Å². The first-order valence-electron chi connectivity index (χ1n) is 10.8. The predicted octanol–water partition coefficient (Wildman–Crippen LogP) is 2.34. The molecule has 158 valence electrons. The number of nitrogens with zero attached hydrogens (tertiary/aromatic N) is 5. The van der Waals surface area contributed by atoms with Crippen LogP contribution in [0.5, 0.6) is 0 Å².